The highest BCUT2D eigenvalue weighted by Crippen LogP contribution is 2.27. The maximum atomic E-state index is 11.0. The van der Waals surface area contributed by atoms with E-state index in [0.717, 1.165) is 51.4 Å². The number of carbonyl (C=O) groups is 1. The van der Waals surface area contributed by atoms with Crippen molar-refractivity contribution in [1.82, 2.24) is 0 Å². The summed E-state index contributed by atoms with van der Waals surface area (Å²) in [4.78, 5) is 11.0. The van der Waals surface area contributed by atoms with Crippen molar-refractivity contribution in [2.24, 2.45) is 0 Å². The Balaban J connectivity index is 0.000000943. The van der Waals surface area contributed by atoms with Crippen molar-refractivity contribution in [3.05, 3.63) is 0 Å². The van der Waals surface area contributed by atoms with Crippen LogP contribution < -0.4 is 5.11 Å². The Bertz CT molecular complexity index is 945. The van der Waals surface area contributed by atoms with Crippen LogP contribution in [0.1, 0.15) is 77.0 Å². The number of aliphatic hydroxyl groups is 4. The number of aliphatic hydroxyl groups excluding tert-OH is 4. The van der Waals surface area contributed by atoms with Crippen LogP contribution in [0.25, 0.3) is 0 Å². The van der Waals surface area contributed by atoms with Gasteiger partial charge in [0.1, 0.15) is 12.2 Å². The molecule has 19 heteroatoms. The van der Waals surface area contributed by atoms with Crippen LogP contribution in [0, 0.1) is 0 Å². The highest BCUT2D eigenvalue weighted by atomic mass is 32.3. The van der Waals surface area contributed by atoms with Crippen molar-refractivity contribution in [2.45, 2.75) is 120 Å². The molecule has 0 amide bonds. The van der Waals surface area contributed by atoms with Crippen molar-refractivity contribution in [1.29, 1.82) is 0 Å². The normalized spacial score (nSPS) is 28.0. The first-order valence-electron chi connectivity index (χ1n) is 13.5. The quantitative estimate of drug-likeness (QED) is 0.0655. The minimum atomic E-state index is -5.05. The van der Waals surface area contributed by atoms with Crippen LogP contribution in [-0.4, -0.2) is 120 Å². The molecule has 2 saturated heterocycles. The molecule has 0 aromatic heterocycles. The summed E-state index contributed by atoms with van der Waals surface area (Å²) < 4.78 is 81.4. The molecule has 42 heavy (non-hydrogen) atoms. The molecule has 0 bridgehead atoms. The number of aliphatic carboxylic acids is 1. The van der Waals surface area contributed by atoms with E-state index in [-0.39, 0.29) is 31.5 Å². The molecule has 2 fully saturated rings. The van der Waals surface area contributed by atoms with Crippen LogP contribution in [0.15, 0.2) is 0 Å². The van der Waals surface area contributed by atoms with Gasteiger partial charge in [0.05, 0.1) is 49.7 Å². The van der Waals surface area contributed by atoms with E-state index in [0.29, 0.717) is 6.42 Å². The number of carbonyl (C=O) groups excluding carboxylic acids is 1. The highest BCUT2D eigenvalue weighted by molar-refractivity contribution is 7.81. The lowest BCUT2D eigenvalue weighted by Gasteiger charge is -2.40. The van der Waals surface area contributed by atoms with Crippen LogP contribution in [0.5, 0.6) is 0 Å². The summed E-state index contributed by atoms with van der Waals surface area (Å²) in [5.41, 5.74) is 0. The highest BCUT2D eigenvalue weighted by Gasteiger charge is 2.40. The Morgan fingerprint density at radius 1 is 0.786 bits per heavy atom. The zero-order valence-electron chi connectivity index (χ0n) is 23.2. The molecule has 0 saturated carbocycles. The summed E-state index contributed by atoms with van der Waals surface area (Å²) in [6.07, 6.45) is 1.18. The zero-order chi connectivity index (χ0) is 31.1. The minimum absolute atomic E-state index is 0. The molecule has 6 N–H and O–H groups in total. The van der Waals surface area contributed by atoms with Gasteiger partial charge in [-0.15, -0.1) is 0 Å². The molecule has 2 heterocycles. The Kier molecular flexibility index (Phi) is 20.3. The molecule has 2 aliphatic rings. The Morgan fingerprint density at radius 3 is 1.79 bits per heavy atom. The first-order chi connectivity index (χ1) is 19.2. The van der Waals surface area contributed by atoms with Gasteiger partial charge in [0.2, 0.25) is 20.8 Å². The average Bonchev–Trinajstić information content (AvgIpc) is 3.24. The number of unbranched alkanes of at least 4 members (excludes halogenated alkanes) is 8. The van der Waals surface area contributed by atoms with Gasteiger partial charge in [-0.05, 0) is 12.8 Å². The molecular weight excluding hydrogens is 612 g/mol. The maximum Gasteiger partial charge on any atom is 0.218 e. The minimum Gasteiger partial charge on any atom is -0.726 e. The predicted molar refractivity (Wildman–Crippen MR) is 138 cm³/mol. The molecule has 0 radical (unpaired) electrons. The number of ether oxygens (including phenoxy) is 2. The summed E-state index contributed by atoms with van der Waals surface area (Å²) in [5, 5.41) is 47.6. The molecular formula is C23H43O17S2-3. The van der Waals surface area contributed by atoms with Crippen molar-refractivity contribution in [2.75, 3.05) is 19.8 Å². The first-order valence-corrected chi connectivity index (χ1v) is 16.2. The van der Waals surface area contributed by atoms with E-state index in [1.54, 1.807) is 0 Å². The first kappa shape index (κ1) is 40.9. The molecule has 7 atom stereocenters. The van der Waals surface area contributed by atoms with Gasteiger partial charge in [-0.1, -0.05) is 51.4 Å². The Morgan fingerprint density at radius 2 is 1.33 bits per heavy atom. The number of carboxylic acids is 1. The number of rotatable bonds is 18. The number of hydrogen-bond donors (Lipinski definition) is 4. The van der Waals surface area contributed by atoms with Crippen molar-refractivity contribution in [3.8, 4) is 0 Å². The summed E-state index contributed by atoms with van der Waals surface area (Å²) in [5.74, 6) is -1.50. The van der Waals surface area contributed by atoms with E-state index in [4.69, 9.17) is 19.7 Å². The van der Waals surface area contributed by atoms with Gasteiger partial charge < -0.3 is 54.4 Å². The fourth-order valence-electron chi connectivity index (χ4n) is 4.53. The molecule has 0 aliphatic carbocycles. The van der Waals surface area contributed by atoms with Gasteiger partial charge in [-0.2, -0.15) is 0 Å². The molecule has 0 aromatic rings. The second-order valence-corrected chi connectivity index (χ2v) is 12.0. The molecule has 252 valence electrons. The smallest absolute Gasteiger partial charge is 0.218 e. The van der Waals surface area contributed by atoms with Gasteiger partial charge in [-0.3, -0.25) is 8.37 Å². The van der Waals surface area contributed by atoms with Crippen LogP contribution in [0.2, 0.25) is 0 Å². The topological polar surface area (TPSA) is 304 Å². The monoisotopic (exact) mass is 655 g/mol. The molecule has 2 rings (SSSR count). The zero-order valence-corrected chi connectivity index (χ0v) is 24.8. The van der Waals surface area contributed by atoms with E-state index >= 15 is 0 Å². The van der Waals surface area contributed by atoms with E-state index in [9.17, 15) is 46.1 Å². The lowest BCUT2D eigenvalue weighted by molar-refractivity contribution is -0.324. The SMILES string of the molecule is O.O=C([O-])C1C[C@@H](O)C(OS(=O)(=O)[O-])[C@H](CCCCCCCCCCCO)O1.O=S(=O)([O-])OCC1CC(O)C(CO)O1. The third-order valence-corrected chi connectivity index (χ3v) is 7.44. The Labute approximate surface area is 246 Å². The molecule has 5 unspecified atom stereocenters. The lowest BCUT2D eigenvalue weighted by Crippen LogP contribution is -2.54. The largest absolute Gasteiger partial charge is 0.726 e. The number of hydrogen-bond acceptors (Lipinski definition) is 16. The summed E-state index contributed by atoms with van der Waals surface area (Å²) in [6.45, 7) is -0.559. The van der Waals surface area contributed by atoms with E-state index < -0.39 is 82.5 Å². The van der Waals surface area contributed by atoms with Crippen LogP contribution in [0.3, 0.4) is 0 Å². The standard InChI is InChI=1S/C17H32O9S.C6H12O7S.H2O/c18-11-9-7-5-3-1-2-4-6-8-10-14-16(26-27(22,23)24)13(19)12-15(25-14)17(20)21;7-2-6-5(8)1-4(13-6)3-12-14(9,10)11;/h13-16,18-19H,1-12H2,(H,20,21)(H,22,23,24);4-8H,1-3H2,(H,9,10,11);1H2/p-3/t13-,14+,15?,16?;;/m1../s1. The van der Waals surface area contributed by atoms with Crippen LogP contribution >= 0.6 is 0 Å². The fourth-order valence-corrected chi connectivity index (χ4v) is 5.37. The summed E-state index contributed by atoms with van der Waals surface area (Å²) in [7, 11) is -9.78. The van der Waals surface area contributed by atoms with Crippen molar-refractivity contribution in [3.63, 3.8) is 0 Å². The van der Waals surface area contributed by atoms with Gasteiger partial charge in [-0.25, -0.2) is 16.8 Å². The summed E-state index contributed by atoms with van der Waals surface area (Å²) in [6, 6.07) is 0. The third kappa shape index (κ3) is 17.9. The predicted octanol–water partition coefficient (Wildman–Crippen LogP) is -2.86. The van der Waals surface area contributed by atoms with E-state index in [1.165, 1.54) is 0 Å². The lowest BCUT2D eigenvalue weighted by atomic mass is 9.94. The maximum absolute atomic E-state index is 11.0. The van der Waals surface area contributed by atoms with Crippen molar-refractivity contribution >= 4 is 26.8 Å². The summed E-state index contributed by atoms with van der Waals surface area (Å²) >= 11 is 0. The van der Waals surface area contributed by atoms with Gasteiger partial charge >= 0.3 is 0 Å². The Hall–Kier alpha value is -1.07. The average molecular weight is 656 g/mol. The molecule has 0 aromatic carbocycles. The number of carboxylic acid groups (broad SMARTS) is 1. The van der Waals surface area contributed by atoms with Gasteiger partial charge in [0.15, 0.2) is 0 Å². The fraction of sp³-hybridized carbons (Fsp3) is 0.957. The van der Waals surface area contributed by atoms with Crippen LogP contribution in [0.4, 0.5) is 0 Å². The third-order valence-electron chi connectivity index (χ3n) is 6.56. The van der Waals surface area contributed by atoms with E-state index in [1.807, 2.05) is 0 Å². The second-order valence-electron chi connectivity index (χ2n) is 9.92. The van der Waals surface area contributed by atoms with Gasteiger partial charge in [0, 0.05) is 19.4 Å². The van der Waals surface area contributed by atoms with Crippen LogP contribution in [-0.2, 0) is 43.4 Å². The van der Waals surface area contributed by atoms with E-state index in [2.05, 4.69) is 8.37 Å². The second kappa shape index (κ2) is 20.8. The molecule has 0 spiro atoms. The van der Waals surface area contributed by atoms with Crippen molar-refractivity contribution < 1.29 is 79.6 Å². The molecule has 2 aliphatic heterocycles. The molecule has 17 nitrogen and oxygen atoms in total. The van der Waals surface area contributed by atoms with Gasteiger partial charge in [0.25, 0.3) is 0 Å².